The number of fused-ring (bicyclic) bond motifs is 2. The highest BCUT2D eigenvalue weighted by atomic mass is 35.5. The third kappa shape index (κ3) is 4.64. The Hall–Kier alpha value is -0.780. The number of halogens is 2. The Bertz CT molecular complexity index is 544. The van der Waals surface area contributed by atoms with Crippen LogP contribution in [-0.2, 0) is 4.79 Å². The first-order valence-corrected chi connectivity index (χ1v) is 9.42. The summed E-state index contributed by atoms with van der Waals surface area (Å²) in [7, 11) is 1.96. The van der Waals surface area contributed by atoms with Gasteiger partial charge in [0, 0.05) is 41.7 Å². The third-order valence-corrected chi connectivity index (χ3v) is 6.35. The number of thioether (sulfide) groups is 1. The average molecular weight is 373 g/mol. The number of amides is 1. The largest absolute Gasteiger partial charge is 0.342 e. The zero-order valence-electron chi connectivity index (χ0n) is 14.2. The van der Waals surface area contributed by atoms with Crippen LogP contribution in [0.15, 0.2) is 29.2 Å². The Morgan fingerprint density at radius 2 is 1.88 bits per heavy atom. The standard InChI is InChI=1S/C18H25FN2OS.ClH/c1-12(11-23-17-7-3-13(19)4-8-17)18(22)21(2)16-9-14-5-6-15(10-16)20-14;/h3-4,7-8,12,14-16,20H,5-6,9-11H2,1-2H3;1H. The van der Waals surface area contributed by atoms with Crippen molar-refractivity contribution in [2.75, 3.05) is 12.8 Å². The molecular formula is C18H26ClFN2OS. The lowest BCUT2D eigenvalue weighted by molar-refractivity contribution is -0.135. The van der Waals surface area contributed by atoms with Gasteiger partial charge < -0.3 is 10.2 Å². The fraction of sp³-hybridized carbons (Fsp3) is 0.611. The molecule has 134 valence electrons. The van der Waals surface area contributed by atoms with E-state index in [2.05, 4.69) is 5.32 Å². The van der Waals surface area contributed by atoms with Crippen LogP contribution < -0.4 is 5.32 Å². The molecule has 0 saturated carbocycles. The molecule has 3 nitrogen and oxygen atoms in total. The fourth-order valence-electron chi connectivity index (χ4n) is 3.69. The summed E-state index contributed by atoms with van der Waals surface area (Å²) < 4.78 is 12.9. The van der Waals surface area contributed by atoms with Gasteiger partial charge in [-0.2, -0.15) is 0 Å². The van der Waals surface area contributed by atoms with Crippen molar-refractivity contribution >= 4 is 30.1 Å². The molecular weight excluding hydrogens is 347 g/mol. The van der Waals surface area contributed by atoms with E-state index in [0.29, 0.717) is 18.1 Å². The lowest BCUT2D eigenvalue weighted by Gasteiger charge is -2.36. The van der Waals surface area contributed by atoms with Crippen molar-refractivity contribution in [2.45, 2.75) is 55.6 Å². The van der Waals surface area contributed by atoms with E-state index < -0.39 is 0 Å². The van der Waals surface area contributed by atoms with Crippen LogP contribution in [0.25, 0.3) is 0 Å². The molecule has 24 heavy (non-hydrogen) atoms. The molecule has 2 aliphatic rings. The van der Waals surface area contributed by atoms with Gasteiger partial charge in [0.25, 0.3) is 0 Å². The van der Waals surface area contributed by atoms with Crippen molar-refractivity contribution in [3.8, 4) is 0 Å². The number of benzene rings is 1. The first kappa shape index (κ1) is 19.5. The molecule has 2 fully saturated rings. The van der Waals surface area contributed by atoms with Gasteiger partial charge in [0.15, 0.2) is 0 Å². The molecule has 6 heteroatoms. The van der Waals surface area contributed by atoms with Gasteiger partial charge in [0.05, 0.1) is 0 Å². The van der Waals surface area contributed by atoms with Crippen molar-refractivity contribution in [1.29, 1.82) is 0 Å². The van der Waals surface area contributed by atoms with Gasteiger partial charge in [-0.15, -0.1) is 24.2 Å². The summed E-state index contributed by atoms with van der Waals surface area (Å²) >= 11 is 1.62. The highest BCUT2D eigenvalue weighted by Gasteiger charge is 2.37. The molecule has 3 unspecified atom stereocenters. The summed E-state index contributed by atoms with van der Waals surface area (Å²) in [6, 6.07) is 8.03. The smallest absolute Gasteiger partial charge is 0.226 e. The zero-order valence-corrected chi connectivity index (χ0v) is 15.8. The summed E-state index contributed by atoms with van der Waals surface area (Å²) in [5.41, 5.74) is 0. The lowest BCUT2D eigenvalue weighted by Crippen LogP contribution is -2.50. The molecule has 0 aromatic heterocycles. The number of carbonyl (C=O) groups is 1. The van der Waals surface area contributed by atoms with Gasteiger partial charge in [-0.1, -0.05) is 6.92 Å². The van der Waals surface area contributed by atoms with E-state index in [4.69, 9.17) is 0 Å². The van der Waals surface area contributed by atoms with Crippen LogP contribution in [-0.4, -0.2) is 41.7 Å². The quantitative estimate of drug-likeness (QED) is 0.799. The van der Waals surface area contributed by atoms with Crippen LogP contribution in [0, 0.1) is 11.7 Å². The molecule has 3 atom stereocenters. The normalized spacial score (nSPS) is 26.5. The number of rotatable bonds is 5. The topological polar surface area (TPSA) is 32.3 Å². The van der Waals surface area contributed by atoms with Gasteiger partial charge in [-0.05, 0) is 49.9 Å². The number of carbonyl (C=O) groups excluding carboxylic acids is 1. The highest BCUT2D eigenvalue weighted by Crippen LogP contribution is 2.30. The Morgan fingerprint density at radius 1 is 1.29 bits per heavy atom. The summed E-state index contributed by atoms with van der Waals surface area (Å²) in [6.45, 7) is 1.99. The van der Waals surface area contributed by atoms with Crippen molar-refractivity contribution in [1.82, 2.24) is 10.2 Å². The minimum atomic E-state index is -0.223. The summed E-state index contributed by atoms with van der Waals surface area (Å²) in [4.78, 5) is 15.7. The maximum atomic E-state index is 12.9. The van der Waals surface area contributed by atoms with E-state index in [1.165, 1.54) is 25.0 Å². The van der Waals surface area contributed by atoms with E-state index in [-0.39, 0.29) is 30.0 Å². The van der Waals surface area contributed by atoms with Crippen molar-refractivity contribution < 1.29 is 9.18 Å². The highest BCUT2D eigenvalue weighted by molar-refractivity contribution is 7.99. The van der Waals surface area contributed by atoms with Crippen molar-refractivity contribution in [3.05, 3.63) is 30.1 Å². The molecule has 1 aromatic rings. The van der Waals surface area contributed by atoms with Gasteiger partial charge in [-0.25, -0.2) is 4.39 Å². The van der Waals surface area contributed by atoms with Gasteiger partial charge in [-0.3, -0.25) is 4.79 Å². The van der Waals surface area contributed by atoms with E-state index >= 15 is 0 Å². The second kappa shape index (κ2) is 8.54. The van der Waals surface area contributed by atoms with Crippen molar-refractivity contribution in [2.24, 2.45) is 5.92 Å². The molecule has 2 aliphatic heterocycles. The van der Waals surface area contributed by atoms with E-state index in [9.17, 15) is 9.18 Å². The molecule has 1 aromatic carbocycles. The van der Waals surface area contributed by atoms with Crippen LogP contribution in [0.5, 0.6) is 0 Å². The predicted octanol–water partition coefficient (Wildman–Crippen LogP) is 3.72. The molecule has 1 amide bonds. The Morgan fingerprint density at radius 3 is 2.46 bits per heavy atom. The first-order valence-electron chi connectivity index (χ1n) is 8.44. The Labute approximate surface area is 154 Å². The number of hydrogen-bond acceptors (Lipinski definition) is 3. The zero-order chi connectivity index (χ0) is 16.4. The molecule has 1 N–H and O–H groups in total. The Kier molecular flexibility index (Phi) is 6.96. The number of nitrogens with zero attached hydrogens (tertiary/aromatic N) is 1. The Balaban J connectivity index is 0.00000208. The molecule has 2 saturated heterocycles. The summed E-state index contributed by atoms with van der Waals surface area (Å²) in [5, 5.41) is 3.62. The maximum Gasteiger partial charge on any atom is 0.226 e. The minimum Gasteiger partial charge on any atom is -0.342 e. The molecule has 2 bridgehead atoms. The molecule has 2 heterocycles. The first-order chi connectivity index (χ1) is 11.0. The number of nitrogens with one attached hydrogen (secondary N) is 1. The van der Waals surface area contributed by atoms with Crippen LogP contribution in [0.2, 0.25) is 0 Å². The van der Waals surface area contributed by atoms with Gasteiger partial charge in [0.2, 0.25) is 5.91 Å². The second-order valence-corrected chi connectivity index (χ2v) is 7.97. The van der Waals surface area contributed by atoms with Gasteiger partial charge >= 0.3 is 0 Å². The predicted molar refractivity (Wildman–Crippen MR) is 99.3 cm³/mol. The minimum absolute atomic E-state index is 0. The second-order valence-electron chi connectivity index (χ2n) is 6.88. The summed E-state index contributed by atoms with van der Waals surface area (Å²) in [6.07, 6.45) is 4.66. The van der Waals surface area contributed by atoms with Gasteiger partial charge in [0.1, 0.15) is 5.82 Å². The van der Waals surface area contributed by atoms with Crippen LogP contribution >= 0.6 is 24.2 Å². The van der Waals surface area contributed by atoms with E-state index in [1.807, 2.05) is 18.9 Å². The average Bonchev–Trinajstić information content (AvgIpc) is 2.90. The van der Waals surface area contributed by atoms with Crippen LogP contribution in [0.3, 0.4) is 0 Å². The monoisotopic (exact) mass is 372 g/mol. The van der Waals surface area contributed by atoms with E-state index in [0.717, 1.165) is 23.5 Å². The van der Waals surface area contributed by atoms with Crippen molar-refractivity contribution in [3.63, 3.8) is 0 Å². The lowest BCUT2D eigenvalue weighted by atomic mass is 9.97. The number of piperidine rings is 1. The molecule has 0 spiro atoms. The van der Waals surface area contributed by atoms with Crippen LogP contribution in [0.1, 0.15) is 32.6 Å². The molecule has 3 rings (SSSR count). The molecule has 0 radical (unpaired) electrons. The third-order valence-electron chi connectivity index (χ3n) is 5.08. The summed E-state index contributed by atoms with van der Waals surface area (Å²) in [5.74, 6) is 0.708. The van der Waals surface area contributed by atoms with Crippen LogP contribution in [0.4, 0.5) is 4.39 Å². The fourth-order valence-corrected chi connectivity index (χ4v) is 4.61. The molecule has 0 aliphatic carbocycles. The maximum absolute atomic E-state index is 12.9. The number of hydrogen-bond donors (Lipinski definition) is 1. The SMILES string of the molecule is CC(CSc1ccc(F)cc1)C(=O)N(C)C1CC2CCC(C1)N2.Cl. The van der Waals surface area contributed by atoms with E-state index in [1.54, 1.807) is 23.9 Å².